The van der Waals surface area contributed by atoms with Crippen molar-refractivity contribution >= 4 is 11.6 Å². The maximum atomic E-state index is 12.8. The number of hydrogen-bond donors (Lipinski definition) is 1. The summed E-state index contributed by atoms with van der Waals surface area (Å²) in [4.78, 5) is 16.4. The first-order valence-corrected chi connectivity index (χ1v) is 6.67. The van der Waals surface area contributed by atoms with Crippen molar-refractivity contribution in [2.24, 2.45) is 0 Å². The first-order chi connectivity index (χ1) is 10.8. The summed E-state index contributed by atoms with van der Waals surface area (Å²) in [6.07, 6.45) is -4.30. The van der Waals surface area contributed by atoms with Crippen molar-refractivity contribution in [2.45, 2.75) is 19.4 Å². The molecule has 0 atom stereocenters. The van der Waals surface area contributed by atoms with Gasteiger partial charge in [0.25, 0.3) is 5.91 Å². The summed E-state index contributed by atoms with van der Waals surface area (Å²) in [5.41, 5.74) is -0.232. The fraction of sp³-hybridized carbons (Fsp3) is 0.429. The van der Waals surface area contributed by atoms with Crippen LogP contribution in [0.3, 0.4) is 0 Å². The Labute approximate surface area is 130 Å². The molecule has 23 heavy (non-hydrogen) atoms. The number of fused-ring (bicyclic) bond motifs is 1. The summed E-state index contributed by atoms with van der Waals surface area (Å²) in [7, 11) is 2.82. The number of imidazole rings is 1. The average Bonchev–Trinajstić information content (AvgIpc) is 2.82. The van der Waals surface area contributed by atoms with Crippen molar-refractivity contribution in [2.75, 3.05) is 20.8 Å². The second kappa shape index (κ2) is 6.55. The molecule has 0 radical (unpaired) electrons. The quantitative estimate of drug-likeness (QED) is 0.851. The summed E-state index contributed by atoms with van der Waals surface area (Å²) >= 11 is 0. The molecule has 0 aromatic carbocycles. The SMILES string of the molecule is COC(CNC(=O)c1c(C)nc2ccc(C(F)(F)F)cn12)OC. The molecule has 126 valence electrons. The lowest BCUT2D eigenvalue weighted by molar-refractivity contribution is -0.137. The van der Waals surface area contributed by atoms with Crippen LogP contribution in [0, 0.1) is 6.92 Å². The van der Waals surface area contributed by atoms with Gasteiger partial charge in [-0.05, 0) is 19.1 Å². The molecule has 0 fully saturated rings. The van der Waals surface area contributed by atoms with Gasteiger partial charge < -0.3 is 14.8 Å². The zero-order valence-corrected chi connectivity index (χ0v) is 12.8. The number of alkyl halides is 3. The number of rotatable bonds is 5. The van der Waals surface area contributed by atoms with Crippen LogP contribution in [0.2, 0.25) is 0 Å². The van der Waals surface area contributed by atoms with E-state index in [-0.39, 0.29) is 17.9 Å². The van der Waals surface area contributed by atoms with Gasteiger partial charge in [-0.2, -0.15) is 13.2 Å². The number of nitrogens with zero attached hydrogens (tertiary/aromatic N) is 2. The van der Waals surface area contributed by atoms with Gasteiger partial charge in [-0.1, -0.05) is 0 Å². The minimum Gasteiger partial charge on any atom is -0.354 e. The minimum absolute atomic E-state index is 0.0389. The summed E-state index contributed by atoms with van der Waals surface area (Å²) in [6, 6.07) is 2.15. The number of carbonyl (C=O) groups excluding carboxylic acids is 1. The largest absolute Gasteiger partial charge is 0.417 e. The van der Waals surface area contributed by atoms with Crippen LogP contribution in [0.5, 0.6) is 0 Å². The van der Waals surface area contributed by atoms with Gasteiger partial charge in [0, 0.05) is 20.4 Å². The van der Waals surface area contributed by atoms with Crippen LogP contribution in [-0.2, 0) is 15.7 Å². The van der Waals surface area contributed by atoms with Crippen LogP contribution in [0.25, 0.3) is 5.65 Å². The Morgan fingerprint density at radius 1 is 1.35 bits per heavy atom. The first kappa shape index (κ1) is 17.2. The highest BCUT2D eigenvalue weighted by atomic mass is 19.4. The van der Waals surface area contributed by atoms with Crippen LogP contribution < -0.4 is 5.32 Å². The van der Waals surface area contributed by atoms with Gasteiger partial charge in [0.05, 0.1) is 17.8 Å². The summed E-state index contributed by atoms with van der Waals surface area (Å²) < 4.78 is 49.5. The zero-order chi connectivity index (χ0) is 17.2. The van der Waals surface area contributed by atoms with E-state index in [9.17, 15) is 18.0 Å². The highest BCUT2D eigenvalue weighted by Crippen LogP contribution is 2.29. The number of amides is 1. The molecule has 0 unspecified atom stereocenters. The number of aryl methyl sites for hydroxylation is 1. The fourth-order valence-corrected chi connectivity index (χ4v) is 2.13. The standard InChI is InChI=1S/C14H16F3N3O3/c1-8-12(13(21)18-6-11(22-2)23-3)20-7-9(14(15,16)17)4-5-10(20)19-8/h4-5,7,11H,6H2,1-3H3,(H,18,21). The molecule has 6 nitrogen and oxygen atoms in total. The Kier molecular flexibility index (Phi) is 4.90. The molecule has 2 heterocycles. The topological polar surface area (TPSA) is 64.9 Å². The Morgan fingerprint density at radius 2 is 2.00 bits per heavy atom. The number of nitrogens with one attached hydrogen (secondary N) is 1. The Bertz CT molecular complexity index is 708. The summed E-state index contributed by atoms with van der Waals surface area (Å²) in [6.45, 7) is 1.61. The molecule has 2 aromatic heterocycles. The molecule has 1 amide bonds. The number of pyridine rings is 1. The molecule has 0 aliphatic rings. The van der Waals surface area contributed by atoms with E-state index in [1.165, 1.54) is 20.3 Å². The fourth-order valence-electron chi connectivity index (χ4n) is 2.13. The number of hydrogen-bond acceptors (Lipinski definition) is 4. The molecule has 0 bridgehead atoms. The van der Waals surface area contributed by atoms with E-state index in [1.807, 2.05) is 0 Å². The molecule has 1 N–H and O–H groups in total. The van der Waals surface area contributed by atoms with Gasteiger partial charge in [-0.25, -0.2) is 4.98 Å². The first-order valence-electron chi connectivity index (χ1n) is 6.67. The molecule has 0 spiro atoms. The van der Waals surface area contributed by atoms with Crippen molar-refractivity contribution in [3.63, 3.8) is 0 Å². The Balaban J connectivity index is 2.35. The van der Waals surface area contributed by atoms with E-state index in [0.717, 1.165) is 16.7 Å². The van der Waals surface area contributed by atoms with E-state index in [2.05, 4.69) is 10.3 Å². The van der Waals surface area contributed by atoms with Crippen molar-refractivity contribution < 1.29 is 27.4 Å². The molecule has 2 rings (SSSR count). The van der Waals surface area contributed by atoms with Crippen LogP contribution >= 0.6 is 0 Å². The third-order valence-corrected chi connectivity index (χ3v) is 3.29. The summed E-state index contributed by atoms with van der Waals surface area (Å²) in [5, 5.41) is 2.55. The smallest absolute Gasteiger partial charge is 0.354 e. The van der Waals surface area contributed by atoms with Crippen LogP contribution in [-0.4, -0.2) is 42.3 Å². The van der Waals surface area contributed by atoms with Gasteiger partial charge in [0.15, 0.2) is 6.29 Å². The Morgan fingerprint density at radius 3 is 2.57 bits per heavy atom. The number of ether oxygens (including phenoxy) is 2. The van der Waals surface area contributed by atoms with E-state index in [4.69, 9.17) is 9.47 Å². The number of carbonyl (C=O) groups is 1. The predicted molar refractivity (Wildman–Crippen MR) is 75.1 cm³/mol. The van der Waals surface area contributed by atoms with Gasteiger partial charge in [0.2, 0.25) is 0 Å². The molecule has 0 aliphatic carbocycles. The highest BCUT2D eigenvalue weighted by molar-refractivity contribution is 5.94. The van der Waals surface area contributed by atoms with Crippen molar-refractivity contribution in [1.82, 2.24) is 14.7 Å². The van der Waals surface area contributed by atoms with Gasteiger partial charge in [0.1, 0.15) is 11.3 Å². The minimum atomic E-state index is -4.50. The lowest BCUT2D eigenvalue weighted by Crippen LogP contribution is -2.35. The highest BCUT2D eigenvalue weighted by Gasteiger charge is 2.31. The van der Waals surface area contributed by atoms with Crippen molar-refractivity contribution in [3.05, 3.63) is 35.3 Å². The zero-order valence-electron chi connectivity index (χ0n) is 12.8. The molecule has 9 heteroatoms. The maximum Gasteiger partial charge on any atom is 0.417 e. The van der Waals surface area contributed by atoms with E-state index in [1.54, 1.807) is 6.92 Å². The lowest BCUT2D eigenvalue weighted by atomic mass is 10.2. The Hall–Kier alpha value is -2.13. The van der Waals surface area contributed by atoms with E-state index in [0.29, 0.717) is 5.69 Å². The second-order valence-electron chi connectivity index (χ2n) is 4.80. The number of aromatic nitrogens is 2. The van der Waals surface area contributed by atoms with Crippen LogP contribution in [0.15, 0.2) is 18.3 Å². The van der Waals surface area contributed by atoms with Gasteiger partial charge >= 0.3 is 6.18 Å². The van der Waals surface area contributed by atoms with Crippen LogP contribution in [0.1, 0.15) is 21.7 Å². The molecule has 2 aromatic rings. The van der Waals surface area contributed by atoms with Crippen molar-refractivity contribution in [3.8, 4) is 0 Å². The predicted octanol–water partition coefficient (Wildman–Crippen LogP) is 2.01. The maximum absolute atomic E-state index is 12.8. The molecule has 0 saturated heterocycles. The van der Waals surface area contributed by atoms with Crippen molar-refractivity contribution in [1.29, 1.82) is 0 Å². The average molecular weight is 331 g/mol. The van der Waals surface area contributed by atoms with E-state index < -0.39 is 23.9 Å². The molecular formula is C14H16F3N3O3. The molecule has 0 aliphatic heterocycles. The number of halogens is 3. The summed E-state index contributed by atoms with van der Waals surface area (Å²) in [5.74, 6) is -0.562. The van der Waals surface area contributed by atoms with Gasteiger partial charge in [-0.3, -0.25) is 9.20 Å². The number of methoxy groups -OCH3 is 2. The second-order valence-corrected chi connectivity index (χ2v) is 4.80. The monoisotopic (exact) mass is 331 g/mol. The lowest BCUT2D eigenvalue weighted by Gasteiger charge is -2.14. The normalized spacial score (nSPS) is 12.1. The third kappa shape index (κ3) is 3.62. The van der Waals surface area contributed by atoms with Crippen LogP contribution in [0.4, 0.5) is 13.2 Å². The van der Waals surface area contributed by atoms with Gasteiger partial charge in [-0.15, -0.1) is 0 Å². The van der Waals surface area contributed by atoms with E-state index >= 15 is 0 Å². The molecule has 0 saturated carbocycles. The third-order valence-electron chi connectivity index (χ3n) is 3.29. The molecular weight excluding hydrogens is 315 g/mol.